The zero-order chi connectivity index (χ0) is 24.9. The summed E-state index contributed by atoms with van der Waals surface area (Å²) in [5, 5.41) is 16.5. The minimum absolute atomic E-state index is 0.00224. The highest BCUT2D eigenvalue weighted by Gasteiger charge is 2.34. The van der Waals surface area contributed by atoms with Crippen molar-refractivity contribution in [1.82, 2.24) is 9.62 Å². The van der Waals surface area contributed by atoms with Gasteiger partial charge in [-0.2, -0.15) is 4.31 Å². The molecule has 1 fully saturated rings. The molecule has 2 atom stereocenters. The van der Waals surface area contributed by atoms with Gasteiger partial charge in [0.1, 0.15) is 10.6 Å². The molecule has 2 unspecified atom stereocenters. The Hall–Kier alpha value is -3.18. The van der Waals surface area contributed by atoms with Crippen molar-refractivity contribution in [2.24, 2.45) is 11.8 Å². The number of nitro benzene ring substituents is 1. The van der Waals surface area contributed by atoms with Crippen LogP contribution < -0.4 is 15.4 Å². The molecule has 184 valence electrons. The topological polar surface area (TPSA) is 131 Å². The summed E-state index contributed by atoms with van der Waals surface area (Å²) in [7, 11) is -2.43. The van der Waals surface area contributed by atoms with Gasteiger partial charge in [0.05, 0.1) is 12.0 Å². The molecule has 1 heterocycles. The summed E-state index contributed by atoms with van der Waals surface area (Å²) in [6, 6.07) is 10.3. The number of nitrogens with one attached hydrogen (secondary N) is 2. The number of benzene rings is 2. The molecule has 1 saturated heterocycles. The van der Waals surface area contributed by atoms with E-state index in [1.54, 1.807) is 12.1 Å². The van der Waals surface area contributed by atoms with E-state index < -0.39 is 20.9 Å². The largest absolute Gasteiger partial charge is 0.495 e. The van der Waals surface area contributed by atoms with E-state index >= 15 is 0 Å². The molecule has 2 aromatic rings. The lowest BCUT2D eigenvalue weighted by molar-refractivity contribution is -0.384. The second-order valence-electron chi connectivity index (χ2n) is 8.62. The van der Waals surface area contributed by atoms with Gasteiger partial charge in [-0.3, -0.25) is 14.9 Å². The van der Waals surface area contributed by atoms with Crippen molar-refractivity contribution >= 4 is 27.3 Å². The molecule has 1 amide bonds. The number of methoxy groups -OCH3 is 1. The van der Waals surface area contributed by atoms with Crippen LogP contribution in [0.15, 0.2) is 47.4 Å². The van der Waals surface area contributed by atoms with Crippen molar-refractivity contribution in [3.05, 3.63) is 58.1 Å². The highest BCUT2D eigenvalue weighted by atomic mass is 32.2. The van der Waals surface area contributed by atoms with E-state index in [0.29, 0.717) is 25.3 Å². The third kappa shape index (κ3) is 6.03. The number of hydrogen-bond donors (Lipinski definition) is 2. The Morgan fingerprint density at radius 1 is 1.12 bits per heavy atom. The Morgan fingerprint density at radius 3 is 2.35 bits per heavy atom. The van der Waals surface area contributed by atoms with Crippen LogP contribution in [0, 0.1) is 22.0 Å². The number of sulfonamides is 1. The first kappa shape index (κ1) is 25.4. The van der Waals surface area contributed by atoms with Crippen molar-refractivity contribution in [3.8, 4) is 5.75 Å². The summed E-state index contributed by atoms with van der Waals surface area (Å²) < 4.78 is 33.5. The minimum Gasteiger partial charge on any atom is -0.495 e. The van der Waals surface area contributed by atoms with Crippen molar-refractivity contribution in [2.75, 3.05) is 38.6 Å². The first-order valence-electron chi connectivity index (χ1n) is 11.1. The quantitative estimate of drug-likeness (QED) is 0.314. The predicted octanol–water partition coefficient (Wildman–Crippen LogP) is 3.11. The standard InChI is InChI=1S/C23H30N4O6S/c1-16-12-17(2)15-26(14-16)34(31,32)22-13-18(4-9-21(22)33-3)23(28)25-11-10-24-19-5-7-20(8-6-19)27(29)30/h4-9,13,16-17,24H,10-12,14-15H2,1-3H3,(H,25,28). The van der Waals surface area contributed by atoms with E-state index in [1.807, 2.05) is 13.8 Å². The highest BCUT2D eigenvalue weighted by Crippen LogP contribution is 2.32. The number of amides is 1. The van der Waals surface area contributed by atoms with Gasteiger partial charge in [0.25, 0.3) is 11.6 Å². The number of piperidine rings is 1. The SMILES string of the molecule is COc1ccc(C(=O)NCCNc2ccc([N+](=O)[O-])cc2)cc1S(=O)(=O)N1CC(C)CC(C)C1. The molecular weight excluding hydrogens is 460 g/mol. The monoisotopic (exact) mass is 490 g/mol. The maximum atomic E-state index is 13.4. The maximum Gasteiger partial charge on any atom is 0.269 e. The van der Waals surface area contributed by atoms with E-state index in [2.05, 4.69) is 10.6 Å². The number of ether oxygens (including phenoxy) is 1. The maximum absolute atomic E-state index is 13.4. The number of non-ortho nitro benzene ring substituents is 1. The zero-order valence-corrected chi connectivity index (χ0v) is 20.3. The van der Waals surface area contributed by atoms with Crippen LogP contribution in [0.5, 0.6) is 5.75 Å². The fourth-order valence-corrected chi connectivity index (χ4v) is 6.01. The second-order valence-corrected chi connectivity index (χ2v) is 10.5. The molecule has 10 nitrogen and oxygen atoms in total. The molecule has 2 aromatic carbocycles. The lowest BCUT2D eigenvalue weighted by Gasteiger charge is -2.34. The predicted molar refractivity (Wildman–Crippen MR) is 129 cm³/mol. The summed E-state index contributed by atoms with van der Waals surface area (Å²) in [5.74, 6) is 0.283. The third-order valence-electron chi connectivity index (χ3n) is 5.70. The molecule has 0 aromatic heterocycles. The van der Waals surface area contributed by atoms with Crippen LogP contribution in [-0.2, 0) is 10.0 Å². The van der Waals surface area contributed by atoms with E-state index in [1.165, 1.54) is 41.7 Å². The third-order valence-corrected chi connectivity index (χ3v) is 7.55. The molecule has 0 spiro atoms. The second kappa shape index (κ2) is 10.8. The van der Waals surface area contributed by atoms with Crippen molar-refractivity contribution in [1.29, 1.82) is 0 Å². The molecule has 2 N–H and O–H groups in total. The van der Waals surface area contributed by atoms with Crippen LogP contribution in [-0.4, -0.2) is 56.8 Å². The van der Waals surface area contributed by atoms with Crippen molar-refractivity contribution < 1.29 is 22.9 Å². The number of rotatable bonds is 9. The van der Waals surface area contributed by atoms with Crippen molar-refractivity contribution in [3.63, 3.8) is 0 Å². The van der Waals surface area contributed by atoms with Crippen molar-refractivity contribution in [2.45, 2.75) is 25.2 Å². The Labute approximate surface area is 199 Å². The number of nitro groups is 1. The van der Waals surface area contributed by atoms with Gasteiger partial charge in [-0.25, -0.2) is 8.42 Å². The van der Waals surface area contributed by atoms with E-state index in [9.17, 15) is 23.3 Å². The molecular formula is C23H30N4O6S. The highest BCUT2D eigenvalue weighted by molar-refractivity contribution is 7.89. The molecule has 1 aliphatic rings. The summed E-state index contributed by atoms with van der Waals surface area (Å²) in [6.45, 7) is 5.58. The minimum atomic E-state index is -3.83. The first-order valence-corrected chi connectivity index (χ1v) is 12.5. The molecule has 0 aliphatic carbocycles. The Bertz CT molecular complexity index is 1130. The Balaban J connectivity index is 1.66. The Kier molecular flexibility index (Phi) is 8.11. The average Bonchev–Trinajstić information content (AvgIpc) is 2.81. The summed E-state index contributed by atoms with van der Waals surface area (Å²) >= 11 is 0. The smallest absolute Gasteiger partial charge is 0.269 e. The fourth-order valence-electron chi connectivity index (χ4n) is 4.15. The average molecular weight is 491 g/mol. The summed E-state index contributed by atoms with van der Waals surface area (Å²) in [5.41, 5.74) is 0.896. The summed E-state index contributed by atoms with van der Waals surface area (Å²) in [4.78, 5) is 22.9. The molecule has 11 heteroatoms. The first-order chi connectivity index (χ1) is 16.1. The Morgan fingerprint density at radius 2 is 1.76 bits per heavy atom. The fraction of sp³-hybridized carbons (Fsp3) is 0.435. The lowest BCUT2D eigenvalue weighted by atomic mass is 9.94. The molecule has 0 radical (unpaired) electrons. The molecule has 0 saturated carbocycles. The van der Waals surface area contributed by atoms with Crippen LogP contribution >= 0.6 is 0 Å². The lowest BCUT2D eigenvalue weighted by Crippen LogP contribution is -2.42. The van der Waals surface area contributed by atoms with Gasteiger partial charge in [0.15, 0.2) is 0 Å². The van der Waals surface area contributed by atoms with Crippen LogP contribution in [0.2, 0.25) is 0 Å². The van der Waals surface area contributed by atoms with Gasteiger partial charge < -0.3 is 15.4 Å². The number of hydrogen-bond acceptors (Lipinski definition) is 7. The van der Waals surface area contributed by atoms with Gasteiger partial charge in [0, 0.05) is 49.6 Å². The number of carbonyl (C=O) groups excluding carboxylic acids is 1. The molecule has 0 bridgehead atoms. The van der Waals surface area contributed by atoms with Gasteiger partial charge >= 0.3 is 0 Å². The summed E-state index contributed by atoms with van der Waals surface area (Å²) in [6.07, 6.45) is 0.972. The van der Waals surface area contributed by atoms with Gasteiger partial charge in [0.2, 0.25) is 10.0 Å². The van der Waals surface area contributed by atoms with Crippen LogP contribution in [0.3, 0.4) is 0 Å². The number of anilines is 1. The van der Waals surface area contributed by atoms with Crippen LogP contribution in [0.4, 0.5) is 11.4 Å². The molecule has 34 heavy (non-hydrogen) atoms. The molecule has 1 aliphatic heterocycles. The van der Waals surface area contributed by atoms with Crippen LogP contribution in [0.1, 0.15) is 30.6 Å². The van der Waals surface area contributed by atoms with Crippen LogP contribution in [0.25, 0.3) is 0 Å². The zero-order valence-electron chi connectivity index (χ0n) is 19.5. The molecule has 3 rings (SSSR count). The van der Waals surface area contributed by atoms with Gasteiger partial charge in [-0.05, 0) is 48.6 Å². The van der Waals surface area contributed by atoms with E-state index in [4.69, 9.17) is 4.74 Å². The normalized spacial score (nSPS) is 18.8. The number of carbonyl (C=O) groups is 1. The van der Waals surface area contributed by atoms with E-state index in [-0.39, 0.29) is 40.3 Å². The van der Waals surface area contributed by atoms with E-state index in [0.717, 1.165) is 6.42 Å². The van der Waals surface area contributed by atoms with Gasteiger partial charge in [-0.1, -0.05) is 13.8 Å². The van der Waals surface area contributed by atoms with Gasteiger partial charge in [-0.15, -0.1) is 0 Å². The number of nitrogens with zero attached hydrogens (tertiary/aromatic N) is 2.